The van der Waals surface area contributed by atoms with Crippen molar-refractivity contribution in [3.8, 4) is 5.75 Å². The molecule has 2 aliphatic rings. The second-order valence-corrected chi connectivity index (χ2v) is 10.6. The summed E-state index contributed by atoms with van der Waals surface area (Å²) in [5, 5.41) is 3.03. The van der Waals surface area contributed by atoms with Gasteiger partial charge in [0.25, 0.3) is 17.4 Å². The van der Waals surface area contributed by atoms with Gasteiger partial charge in [0, 0.05) is 41.8 Å². The highest BCUT2D eigenvalue weighted by Gasteiger charge is 2.37. The van der Waals surface area contributed by atoms with Crippen molar-refractivity contribution in [1.29, 1.82) is 0 Å². The number of aromatic nitrogens is 1. The number of carbonyl (C=O) groups excluding carboxylic acids is 2. The molecule has 0 saturated carbocycles. The number of rotatable bonds is 5. The van der Waals surface area contributed by atoms with E-state index in [-0.39, 0.29) is 39.6 Å². The van der Waals surface area contributed by atoms with Crippen LogP contribution in [-0.2, 0) is 11.3 Å². The van der Waals surface area contributed by atoms with E-state index in [1.165, 1.54) is 7.11 Å². The van der Waals surface area contributed by atoms with Crippen LogP contribution in [0, 0.1) is 5.92 Å². The molecule has 1 N–H and O–H groups in total. The molecule has 190 valence electrons. The minimum Gasteiger partial charge on any atom is -0.497 e. The van der Waals surface area contributed by atoms with E-state index in [0.717, 1.165) is 22.2 Å². The number of amides is 2. The van der Waals surface area contributed by atoms with E-state index in [2.05, 4.69) is 21.2 Å². The summed E-state index contributed by atoms with van der Waals surface area (Å²) in [4.78, 5) is 41.2. The predicted octanol–water partition coefficient (Wildman–Crippen LogP) is 4.69. The molecule has 2 amide bonds. The number of methoxy groups -OCH3 is 1. The summed E-state index contributed by atoms with van der Waals surface area (Å²) in [5.74, 6) is -0.0177. The molecule has 0 unspecified atom stereocenters. The molecule has 1 saturated heterocycles. The molecule has 0 aliphatic carbocycles. The molecule has 37 heavy (non-hydrogen) atoms. The third-order valence-corrected chi connectivity index (χ3v) is 7.63. The molecular weight excluding hydrogens is 558 g/mol. The van der Waals surface area contributed by atoms with Gasteiger partial charge in [-0.1, -0.05) is 45.7 Å². The van der Waals surface area contributed by atoms with Crippen LogP contribution in [0.25, 0.3) is 6.08 Å². The topological polar surface area (TPSA) is 80.6 Å². The molecule has 2 bridgehead atoms. The lowest BCUT2D eigenvalue weighted by molar-refractivity contribution is -0.130. The maximum Gasteiger partial charge on any atom is 0.270 e. The number of likely N-dealkylation sites (tertiary alicyclic amines) is 1. The van der Waals surface area contributed by atoms with Crippen LogP contribution < -0.4 is 15.6 Å². The third-order valence-electron chi connectivity index (χ3n) is 6.83. The van der Waals surface area contributed by atoms with Gasteiger partial charge in [-0.3, -0.25) is 14.4 Å². The smallest absolute Gasteiger partial charge is 0.270 e. The van der Waals surface area contributed by atoms with Gasteiger partial charge < -0.3 is 19.5 Å². The number of hydrogen-bond acceptors (Lipinski definition) is 4. The predicted molar refractivity (Wildman–Crippen MR) is 146 cm³/mol. The van der Waals surface area contributed by atoms with E-state index in [1.54, 1.807) is 41.3 Å². The van der Waals surface area contributed by atoms with Gasteiger partial charge in [-0.15, -0.1) is 0 Å². The number of halogens is 2. The Morgan fingerprint density at radius 3 is 2.65 bits per heavy atom. The monoisotopic (exact) mass is 581 g/mol. The average molecular weight is 583 g/mol. The van der Waals surface area contributed by atoms with Gasteiger partial charge in [-0.2, -0.15) is 0 Å². The highest BCUT2D eigenvalue weighted by molar-refractivity contribution is 9.10. The number of fused-ring (bicyclic) bond motifs is 4. The Morgan fingerprint density at radius 2 is 1.89 bits per heavy atom. The van der Waals surface area contributed by atoms with Crippen LogP contribution in [0.5, 0.6) is 5.75 Å². The van der Waals surface area contributed by atoms with Crippen molar-refractivity contribution in [3.63, 3.8) is 0 Å². The van der Waals surface area contributed by atoms with Crippen molar-refractivity contribution in [3.05, 3.63) is 103 Å². The highest BCUT2D eigenvalue weighted by Crippen LogP contribution is 2.35. The summed E-state index contributed by atoms with van der Waals surface area (Å²) < 4.78 is 7.85. The Balaban J connectivity index is 1.45. The Labute approximate surface area is 227 Å². The molecule has 3 heterocycles. The zero-order valence-corrected chi connectivity index (χ0v) is 22.5. The van der Waals surface area contributed by atoms with E-state index < -0.39 is 5.91 Å². The first-order chi connectivity index (χ1) is 17.8. The normalized spacial score (nSPS) is 18.7. The number of nitrogens with zero attached hydrogens (tertiary/aromatic N) is 2. The lowest BCUT2D eigenvalue weighted by atomic mass is 9.83. The fourth-order valence-corrected chi connectivity index (χ4v) is 5.82. The number of benzene rings is 2. The molecule has 0 spiro atoms. The number of nitrogens with one attached hydrogen (secondary N) is 1. The maximum absolute atomic E-state index is 13.9. The standard InChI is InChI=1S/C28H25BrClN3O4/c1-37-21-8-9-22(23(30)13-21)27(35)31-24(12-17-4-2-5-20(29)11-17)28(36)32-14-18-10-19(16-32)25-6-3-7-26(34)33(25)15-18/h2-9,11-13,18-19H,10,14-16H2,1H3,(H,31,35)/b24-12-/t18-,19+/m1/s1. The molecule has 1 fully saturated rings. The minimum absolute atomic E-state index is 0.00847. The van der Waals surface area contributed by atoms with Crippen LogP contribution in [0.3, 0.4) is 0 Å². The van der Waals surface area contributed by atoms with Crippen molar-refractivity contribution < 1.29 is 14.3 Å². The minimum atomic E-state index is -0.489. The van der Waals surface area contributed by atoms with Crippen molar-refractivity contribution in [1.82, 2.24) is 14.8 Å². The van der Waals surface area contributed by atoms with Gasteiger partial charge in [-0.05, 0) is 60.4 Å². The van der Waals surface area contributed by atoms with E-state index in [4.69, 9.17) is 16.3 Å². The van der Waals surface area contributed by atoms with Crippen LogP contribution in [0.1, 0.15) is 34.0 Å². The summed E-state index contributed by atoms with van der Waals surface area (Å²) in [6, 6.07) is 17.6. The molecule has 9 heteroatoms. The first kappa shape index (κ1) is 25.3. The van der Waals surface area contributed by atoms with Crippen LogP contribution >= 0.6 is 27.5 Å². The number of carbonyl (C=O) groups is 2. The second kappa shape index (κ2) is 10.6. The fourth-order valence-electron chi connectivity index (χ4n) is 5.14. The number of pyridine rings is 1. The molecule has 7 nitrogen and oxygen atoms in total. The third kappa shape index (κ3) is 5.36. The van der Waals surface area contributed by atoms with Crippen LogP contribution in [-0.4, -0.2) is 41.5 Å². The van der Waals surface area contributed by atoms with Crippen LogP contribution in [0.2, 0.25) is 5.02 Å². The van der Waals surface area contributed by atoms with E-state index in [0.29, 0.717) is 25.4 Å². The van der Waals surface area contributed by atoms with Gasteiger partial charge in [0.15, 0.2) is 0 Å². The van der Waals surface area contributed by atoms with Gasteiger partial charge in [0.1, 0.15) is 11.4 Å². The summed E-state index contributed by atoms with van der Waals surface area (Å²) in [6.45, 7) is 1.55. The lowest BCUT2D eigenvalue weighted by Gasteiger charge is -2.43. The Bertz CT molecular complexity index is 1470. The molecular formula is C28H25BrClN3O4. The number of piperidine rings is 1. The Morgan fingerprint density at radius 1 is 1.08 bits per heavy atom. The van der Waals surface area contributed by atoms with Gasteiger partial charge in [0.05, 0.1) is 17.7 Å². The summed E-state index contributed by atoms with van der Waals surface area (Å²) in [7, 11) is 1.52. The van der Waals surface area contributed by atoms with Crippen molar-refractivity contribution >= 4 is 45.4 Å². The van der Waals surface area contributed by atoms with Crippen molar-refractivity contribution in [2.24, 2.45) is 5.92 Å². The molecule has 5 rings (SSSR count). The van der Waals surface area contributed by atoms with Gasteiger partial charge >= 0.3 is 0 Å². The first-order valence-electron chi connectivity index (χ1n) is 11.9. The molecule has 2 atom stereocenters. The number of ether oxygens (including phenoxy) is 1. The maximum atomic E-state index is 13.9. The van der Waals surface area contributed by atoms with E-state index in [9.17, 15) is 14.4 Å². The van der Waals surface area contributed by atoms with E-state index >= 15 is 0 Å². The molecule has 2 aromatic carbocycles. The summed E-state index contributed by atoms with van der Waals surface area (Å²) >= 11 is 9.79. The zero-order valence-electron chi connectivity index (χ0n) is 20.1. The van der Waals surface area contributed by atoms with E-state index in [1.807, 2.05) is 34.9 Å². The van der Waals surface area contributed by atoms with Crippen LogP contribution in [0.15, 0.2) is 75.6 Å². The first-order valence-corrected chi connectivity index (χ1v) is 13.1. The SMILES string of the molecule is COc1ccc(C(=O)N/C(=C\c2cccc(Br)c2)C(=O)N2C[C@H]3C[C@@H](C2)c2cccc(=O)n2C3)c(Cl)c1. The quantitative estimate of drug-likeness (QED) is 0.443. The van der Waals surface area contributed by atoms with Gasteiger partial charge in [0.2, 0.25) is 0 Å². The molecule has 3 aromatic rings. The molecule has 1 aromatic heterocycles. The van der Waals surface area contributed by atoms with Crippen molar-refractivity contribution in [2.45, 2.75) is 18.9 Å². The lowest BCUT2D eigenvalue weighted by Crippen LogP contribution is -2.50. The summed E-state index contributed by atoms with van der Waals surface area (Å²) in [6.07, 6.45) is 2.59. The fraction of sp³-hybridized carbons (Fsp3) is 0.250. The molecule has 2 aliphatic heterocycles. The van der Waals surface area contributed by atoms with Crippen LogP contribution in [0.4, 0.5) is 0 Å². The zero-order chi connectivity index (χ0) is 26.1. The second-order valence-electron chi connectivity index (χ2n) is 9.32. The highest BCUT2D eigenvalue weighted by atomic mass is 79.9. The average Bonchev–Trinajstić information content (AvgIpc) is 2.88. The largest absolute Gasteiger partial charge is 0.497 e. The number of hydrogen-bond donors (Lipinski definition) is 1. The van der Waals surface area contributed by atoms with Crippen molar-refractivity contribution in [2.75, 3.05) is 20.2 Å². The van der Waals surface area contributed by atoms with Gasteiger partial charge in [-0.25, -0.2) is 0 Å². The molecule has 0 radical (unpaired) electrons. The Kier molecular flexibility index (Phi) is 7.22. The Hall–Kier alpha value is -3.36. The summed E-state index contributed by atoms with van der Waals surface area (Å²) in [5.41, 5.74) is 2.09.